The van der Waals surface area contributed by atoms with Gasteiger partial charge in [-0.25, -0.2) is 0 Å². The van der Waals surface area contributed by atoms with Crippen LogP contribution in [0.25, 0.3) is 10.1 Å². The molecule has 0 N–H and O–H groups in total. The summed E-state index contributed by atoms with van der Waals surface area (Å²) in [5.41, 5.74) is 1.31. The van der Waals surface area contributed by atoms with Crippen molar-refractivity contribution >= 4 is 50.0 Å². The molecule has 0 spiro atoms. The fourth-order valence-electron chi connectivity index (χ4n) is 1.51. The fourth-order valence-corrected chi connectivity index (χ4v) is 3.43. The predicted molar refractivity (Wildman–Crippen MR) is 71.1 cm³/mol. The molecule has 0 bridgehead atoms. The standard InChI is InChI=1S/C11H11BrS2/c1-2-9-11(13)8-5-7(6-12)3-4-10(8)14-9/h3-5,13H,2,6H2,1H3. The van der Waals surface area contributed by atoms with Crippen LogP contribution >= 0.6 is 39.9 Å². The lowest BCUT2D eigenvalue weighted by molar-refractivity contribution is 1.15. The first kappa shape index (κ1) is 10.5. The third-order valence-electron chi connectivity index (χ3n) is 2.27. The molecule has 0 saturated carbocycles. The quantitative estimate of drug-likeness (QED) is 0.603. The highest BCUT2D eigenvalue weighted by Gasteiger charge is 2.07. The van der Waals surface area contributed by atoms with Crippen molar-refractivity contribution in [3.63, 3.8) is 0 Å². The minimum atomic E-state index is 0.910. The van der Waals surface area contributed by atoms with Gasteiger partial charge in [0.25, 0.3) is 0 Å². The topological polar surface area (TPSA) is 0 Å². The average Bonchev–Trinajstić information content (AvgIpc) is 2.55. The number of thiophene rings is 1. The van der Waals surface area contributed by atoms with Crippen molar-refractivity contribution < 1.29 is 0 Å². The number of benzene rings is 1. The maximum absolute atomic E-state index is 4.58. The summed E-state index contributed by atoms with van der Waals surface area (Å²) in [6.07, 6.45) is 1.07. The maximum Gasteiger partial charge on any atom is 0.0357 e. The molecule has 74 valence electrons. The minimum absolute atomic E-state index is 0.910. The first-order valence-corrected chi connectivity index (χ1v) is 6.94. The van der Waals surface area contributed by atoms with Crippen molar-refractivity contribution in [2.45, 2.75) is 23.6 Å². The summed E-state index contributed by atoms with van der Waals surface area (Å²) in [7, 11) is 0. The van der Waals surface area contributed by atoms with Crippen LogP contribution in [0.15, 0.2) is 23.1 Å². The third-order valence-corrected chi connectivity index (χ3v) is 4.90. The highest BCUT2D eigenvalue weighted by Crippen LogP contribution is 2.35. The van der Waals surface area contributed by atoms with E-state index in [1.807, 2.05) is 11.3 Å². The minimum Gasteiger partial charge on any atom is -0.142 e. The van der Waals surface area contributed by atoms with E-state index in [1.54, 1.807) is 0 Å². The fraction of sp³-hybridized carbons (Fsp3) is 0.273. The molecule has 3 heteroatoms. The van der Waals surface area contributed by atoms with E-state index in [2.05, 4.69) is 53.7 Å². The highest BCUT2D eigenvalue weighted by molar-refractivity contribution is 9.08. The summed E-state index contributed by atoms with van der Waals surface area (Å²) < 4.78 is 1.34. The molecular formula is C11H11BrS2. The SMILES string of the molecule is CCc1sc2ccc(CBr)cc2c1S. The lowest BCUT2D eigenvalue weighted by Crippen LogP contribution is -1.76. The lowest BCUT2D eigenvalue weighted by atomic mass is 10.2. The van der Waals surface area contributed by atoms with Crippen molar-refractivity contribution in [2.75, 3.05) is 0 Å². The van der Waals surface area contributed by atoms with Gasteiger partial charge in [0, 0.05) is 25.2 Å². The number of hydrogen-bond acceptors (Lipinski definition) is 2. The zero-order valence-corrected chi connectivity index (χ0v) is 11.2. The Hall–Kier alpha value is 0.01000. The lowest BCUT2D eigenvalue weighted by Gasteiger charge is -1.96. The van der Waals surface area contributed by atoms with Crippen LogP contribution in [0.5, 0.6) is 0 Å². The first-order valence-electron chi connectivity index (χ1n) is 4.55. The molecule has 0 radical (unpaired) electrons. The second-order valence-electron chi connectivity index (χ2n) is 3.19. The number of thiol groups is 1. The van der Waals surface area contributed by atoms with Gasteiger partial charge in [0.1, 0.15) is 0 Å². The second kappa shape index (κ2) is 4.25. The summed E-state index contributed by atoms with van der Waals surface area (Å²) in [5.74, 6) is 0. The van der Waals surface area contributed by atoms with Crippen molar-refractivity contribution in [1.82, 2.24) is 0 Å². The summed E-state index contributed by atoms with van der Waals surface area (Å²) in [6.45, 7) is 2.18. The van der Waals surface area contributed by atoms with Crippen LogP contribution in [0.4, 0.5) is 0 Å². The van der Waals surface area contributed by atoms with Gasteiger partial charge in [-0.05, 0) is 24.1 Å². The molecule has 0 aliphatic heterocycles. The Morgan fingerprint density at radius 1 is 1.43 bits per heavy atom. The van der Waals surface area contributed by atoms with Crippen molar-refractivity contribution in [3.05, 3.63) is 28.6 Å². The van der Waals surface area contributed by atoms with E-state index in [0.29, 0.717) is 0 Å². The number of rotatable bonds is 2. The number of fused-ring (bicyclic) bond motifs is 1. The molecule has 2 rings (SSSR count). The molecular weight excluding hydrogens is 276 g/mol. The monoisotopic (exact) mass is 286 g/mol. The summed E-state index contributed by atoms with van der Waals surface area (Å²) in [5, 5.41) is 2.21. The van der Waals surface area contributed by atoms with E-state index >= 15 is 0 Å². The Bertz CT molecular complexity index is 460. The molecule has 1 heterocycles. The first-order chi connectivity index (χ1) is 6.76. The number of hydrogen-bond donors (Lipinski definition) is 1. The van der Waals surface area contributed by atoms with Crippen molar-refractivity contribution in [2.24, 2.45) is 0 Å². The summed E-state index contributed by atoms with van der Waals surface area (Å²) in [6, 6.07) is 6.58. The van der Waals surface area contributed by atoms with Crippen LogP contribution in [0, 0.1) is 0 Å². The Morgan fingerprint density at radius 3 is 2.86 bits per heavy atom. The van der Waals surface area contributed by atoms with Crippen LogP contribution in [0.1, 0.15) is 17.4 Å². The second-order valence-corrected chi connectivity index (χ2v) is 5.34. The maximum atomic E-state index is 4.58. The van der Waals surface area contributed by atoms with E-state index in [1.165, 1.54) is 20.5 Å². The number of aryl methyl sites for hydroxylation is 1. The van der Waals surface area contributed by atoms with Gasteiger partial charge in [-0.15, -0.1) is 24.0 Å². The Kier molecular flexibility index (Phi) is 3.20. The Morgan fingerprint density at radius 2 is 2.21 bits per heavy atom. The predicted octanol–water partition coefficient (Wildman–Crippen LogP) is 4.65. The van der Waals surface area contributed by atoms with Gasteiger partial charge >= 0.3 is 0 Å². The Balaban J connectivity index is 2.68. The molecule has 0 atom stereocenters. The molecule has 0 unspecified atom stereocenters. The van der Waals surface area contributed by atoms with E-state index in [9.17, 15) is 0 Å². The van der Waals surface area contributed by atoms with Gasteiger partial charge in [0.15, 0.2) is 0 Å². The molecule has 2 aromatic rings. The molecule has 0 saturated heterocycles. The molecule has 0 nitrogen and oxygen atoms in total. The molecule has 0 amide bonds. The molecule has 0 aliphatic carbocycles. The highest BCUT2D eigenvalue weighted by atomic mass is 79.9. The van der Waals surface area contributed by atoms with Crippen LogP contribution in [0.2, 0.25) is 0 Å². The van der Waals surface area contributed by atoms with E-state index in [4.69, 9.17) is 0 Å². The van der Waals surface area contributed by atoms with Crippen LogP contribution in [-0.4, -0.2) is 0 Å². The third kappa shape index (κ3) is 1.73. The van der Waals surface area contributed by atoms with Gasteiger partial charge in [-0.1, -0.05) is 28.9 Å². The molecule has 0 aliphatic rings. The summed E-state index contributed by atoms with van der Waals surface area (Å²) >= 11 is 9.90. The zero-order valence-electron chi connectivity index (χ0n) is 7.88. The molecule has 1 aromatic carbocycles. The van der Waals surface area contributed by atoms with Crippen molar-refractivity contribution in [3.8, 4) is 0 Å². The Labute approximate surface area is 102 Å². The van der Waals surface area contributed by atoms with Gasteiger partial charge in [-0.3, -0.25) is 0 Å². The van der Waals surface area contributed by atoms with Crippen molar-refractivity contribution in [1.29, 1.82) is 0 Å². The molecule has 14 heavy (non-hydrogen) atoms. The number of halogens is 1. The van der Waals surface area contributed by atoms with Gasteiger partial charge in [0.2, 0.25) is 0 Å². The van der Waals surface area contributed by atoms with E-state index in [0.717, 1.165) is 16.6 Å². The zero-order chi connectivity index (χ0) is 10.1. The molecule has 1 aromatic heterocycles. The van der Waals surface area contributed by atoms with E-state index in [-0.39, 0.29) is 0 Å². The largest absolute Gasteiger partial charge is 0.142 e. The average molecular weight is 287 g/mol. The smallest absolute Gasteiger partial charge is 0.0357 e. The van der Waals surface area contributed by atoms with E-state index < -0.39 is 0 Å². The normalized spacial score (nSPS) is 11.1. The van der Waals surface area contributed by atoms with Gasteiger partial charge < -0.3 is 0 Å². The van der Waals surface area contributed by atoms with Crippen LogP contribution < -0.4 is 0 Å². The van der Waals surface area contributed by atoms with Crippen LogP contribution in [0.3, 0.4) is 0 Å². The number of alkyl halides is 1. The van der Waals surface area contributed by atoms with Gasteiger partial charge in [0.05, 0.1) is 0 Å². The molecule has 0 fully saturated rings. The summed E-state index contributed by atoms with van der Waals surface area (Å²) in [4.78, 5) is 2.55. The van der Waals surface area contributed by atoms with Gasteiger partial charge in [-0.2, -0.15) is 0 Å². The van der Waals surface area contributed by atoms with Crippen LogP contribution in [-0.2, 0) is 11.8 Å².